The second-order valence-corrected chi connectivity index (χ2v) is 8.04. The van der Waals surface area contributed by atoms with E-state index in [1.165, 1.54) is 50.3 Å². The fourth-order valence-electron chi connectivity index (χ4n) is 3.41. The van der Waals surface area contributed by atoms with E-state index in [-0.39, 0.29) is 22.5 Å². The van der Waals surface area contributed by atoms with Crippen LogP contribution < -0.4 is 0 Å². The number of halogens is 5. The quantitative estimate of drug-likeness (QED) is 0.125. The van der Waals surface area contributed by atoms with Gasteiger partial charge in [0.1, 0.15) is 12.4 Å². The molecular formula is C25H20ClF4NO3. The first-order valence-corrected chi connectivity index (χ1v) is 10.5. The lowest BCUT2D eigenvalue weighted by molar-refractivity contribution is -0.141. The van der Waals surface area contributed by atoms with E-state index in [0.29, 0.717) is 16.1 Å². The van der Waals surface area contributed by atoms with Gasteiger partial charge in [-0.3, -0.25) is 4.79 Å². The van der Waals surface area contributed by atoms with E-state index in [0.717, 1.165) is 4.57 Å². The van der Waals surface area contributed by atoms with Gasteiger partial charge in [0, 0.05) is 22.0 Å². The van der Waals surface area contributed by atoms with Crippen LogP contribution >= 0.6 is 11.6 Å². The second-order valence-electron chi connectivity index (χ2n) is 7.60. The van der Waals surface area contributed by atoms with Gasteiger partial charge in [-0.15, -0.1) is 0 Å². The molecule has 0 fully saturated rings. The molecule has 34 heavy (non-hydrogen) atoms. The van der Waals surface area contributed by atoms with Crippen LogP contribution in [0.5, 0.6) is 0 Å². The maximum absolute atomic E-state index is 13.4. The van der Waals surface area contributed by atoms with Crippen LogP contribution in [0, 0.1) is 19.7 Å². The topological polar surface area (TPSA) is 48.3 Å². The highest BCUT2D eigenvalue weighted by Crippen LogP contribution is 2.25. The molecule has 0 spiro atoms. The molecule has 3 aromatic rings. The van der Waals surface area contributed by atoms with Crippen LogP contribution in [-0.2, 0) is 16.1 Å². The van der Waals surface area contributed by atoms with Gasteiger partial charge in [-0.05, 0) is 61.4 Å². The zero-order chi connectivity index (χ0) is 25.0. The zero-order valence-corrected chi connectivity index (χ0v) is 19.0. The van der Waals surface area contributed by atoms with E-state index in [2.05, 4.69) is 0 Å². The molecule has 0 atom stereocenters. The SMILES string of the molecule is Cc1cc(C(=O)COC(=O)C(=Cc2ccc(Cl)cc2)c2ccc(F)cc2)c(C)n1CC(F)(F)F. The number of carbonyl (C=O) groups excluding carboxylic acids is 2. The third-order valence-corrected chi connectivity index (χ3v) is 5.35. The lowest BCUT2D eigenvalue weighted by Crippen LogP contribution is -2.20. The van der Waals surface area contributed by atoms with Crippen LogP contribution in [-0.4, -0.2) is 29.1 Å². The molecule has 0 aliphatic heterocycles. The van der Waals surface area contributed by atoms with Gasteiger partial charge in [-0.2, -0.15) is 13.2 Å². The Morgan fingerprint density at radius 2 is 1.65 bits per heavy atom. The summed E-state index contributed by atoms with van der Waals surface area (Å²) in [7, 11) is 0. The summed E-state index contributed by atoms with van der Waals surface area (Å²) in [5, 5.41) is 0.497. The van der Waals surface area contributed by atoms with Crippen LogP contribution in [0.3, 0.4) is 0 Å². The molecule has 0 aliphatic rings. The minimum atomic E-state index is -4.45. The van der Waals surface area contributed by atoms with Crippen LogP contribution in [0.25, 0.3) is 11.6 Å². The van der Waals surface area contributed by atoms with Crippen LogP contribution in [0.1, 0.15) is 32.9 Å². The first kappa shape index (κ1) is 25.2. The first-order chi connectivity index (χ1) is 15.9. The molecule has 4 nitrogen and oxygen atoms in total. The van der Waals surface area contributed by atoms with E-state index >= 15 is 0 Å². The maximum Gasteiger partial charge on any atom is 0.406 e. The van der Waals surface area contributed by atoms with Crippen molar-refractivity contribution in [3.63, 3.8) is 0 Å². The number of alkyl halides is 3. The molecular weight excluding hydrogens is 474 g/mol. The zero-order valence-electron chi connectivity index (χ0n) is 18.2. The molecule has 0 unspecified atom stereocenters. The summed E-state index contributed by atoms with van der Waals surface area (Å²) < 4.78 is 58.0. The summed E-state index contributed by atoms with van der Waals surface area (Å²) in [6.45, 7) is 0.964. The number of ether oxygens (including phenoxy) is 1. The summed E-state index contributed by atoms with van der Waals surface area (Å²) in [6.07, 6.45) is -2.94. The molecule has 0 N–H and O–H groups in total. The molecule has 3 rings (SSSR count). The van der Waals surface area contributed by atoms with Crippen molar-refractivity contribution in [3.05, 3.63) is 93.5 Å². The van der Waals surface area contributed by atoms with E-state index in [1.807, 2.05) is 0 Å². The largest absolute Gasteiger partial charge is 0.454 e. The van der Waals surface area contributed by atoms with E-state index in [1.54, 1.807) is 24.3 Å². The highest BCUT2D eigenvalue weighted by atomic mass is 35.5. The van der Waals surface area contributed by atoms with Crippen LogP contribution in [0.2, 0.25) is 5.02 Å². The minimum Gasteiger partial charge on any atom is -0.454 e. The van der Waals surface area contributed by atoms with E-state index in [9.17, 15) is 27.2 Å². The Morgan fingerprint density at radius 3 is 2.24 bits per heavy atom. The van der Waals surface area contributed by atoms with E-state index in [4.69, 9.17) is 16.3 Å². The van der Waals surface area contributed by atoms with Crippen molar-refractivity contribution in [2.45, 2.75) is 26.6 Å². The highest BCUT2D eigenvalue weighted by Gasteiger charge is 2.30. The molecule has 0 saturated heterocycles. The lowest BCUT2D eigenvalue weighted by Gasteiger charge is -2.12. The van der Waals surface area contributed by atoms with Crippen molar-refractivity contribution in [1.29, 1.82) is 0 Å². The predicted octanol–water partition coefficient (Wildman–Crippen LogP) is 6.43. The summed E-state index contributed by atoms with van der Waals surface area (Å²) in [5.41, 5.74) is 1.47. The third-order valence-electron chi connectivity index (χ3n) is 5.10. The lowest BCUT2D eigenvalue weighted by atomic mass is 10.0. The Labute approximate surface area is 198 Å². The smallest absolute Gasteiger partial charge is 0.406 e. The van der Waals surface area contributed by atoms with Gasteiger partial charge in [-0.25, -0.2) is 9.18 Å². The summed E-state index contributed by atoms with van der Waals surface area (Å²) in [6, 6.07) is 13.1. The van der Waals surface area contributed by atoms with Gasteiger partial charge in [0.2, 0.25) is 5.78 Å². The van der Waals surface area contributed by atoms with Crippen molar-refractivity contribution in [3.8, 4) is 0 Å². The summed E-state index contributed by atoms with van der Waals surface area (Å²) in [5.74, 6) is -1.98. The Hall–Kier alpha value is -3.39. The normalized spacial score (nSPS) is 12.0. The minimum absolute atomic E-state index is 0.0413. The third kappa shape index (κ3) is 6.35. The Bertz CT molecular complexity index is 1230. The molecule has 9 heteroatoms. The number of esters is 1. The standard InChI is InChI=1S/C25H20ClF4NO3/c1-15-11-21(16(2)31(15)14-25(28,29)30)23(32)13-34-24(33)22(18-5-9-20(27)10-6-18)12-17-3-7-19(26)8-4-17/h3-12H,13-14H2,1-2H3. The number of benzene rings is 2. The van der Waals surface area contributed by atoms with Gasteiger partial charge < -0.3 is 9.30 Å². The average Bonchev–Trinajstić information content (AvgIpc) is 3.04. The Kier molecular flexibility index (Phi) is 7.61. The van der Waals surface area contributed by atoms with Crippen molar-refractivity contribution in [1.82, 2.24) is 4.57 Å². The monoisotopic (exact) mass is 493 g/mol. The number of hydrogen-bond donors (Lipinski definition) is 0. The second kappa shape index (κ2) is 10.3. The fourth-order valence-corrected chi connectivity index (χ4v) is 3.53. The molecule has 2 aromatic carbocycles. The summed E-state index contributed by atoms with van der Waals surface area (Å²) in [4.78, 5) is 25.5. The number of aryl methyl sites for hydroxylation is 1. The maximum atomic E-state index is 13.4. The number of hydrogen-bond acceptors (Lipinski definition) is 3. The Morgan fingerprint density at radius 1 is 1.03 bits per heavy atom. The molecule has 0 saturated carbocycles. The van der Waals surface area contributed by atoms with E-state index < -0.39 is 36.9 Å². The number of aromatic nitrogens is 1. The molecule has 0 bridgehead atoms. The van der Waals surface area contributed by atoms with Gasteiger partial charge in [0.15, 0.2) is 6.61 Å². The fraction of sp³-hybridized carbons (Fsp3) is 0.200. The first-order valence-electron chi connectivity index (χ1n) is 10.1. The number of ketones is 1. The van der Waals surface area contributed by atoms with Crippen molar-refractivity contribution < 1.29 is 31.9 Å². The van der Waals surface area contributed by atoms with Gasteiger partial charge in [-0.1, -0.05) is 35.9 Å². The average molecular weight is 494 g/mol. The van der Waals surface area contributed by atoms with Crippen LogP contribution in [0.15, 0.2) is 54.6 Å². The van der Waals surface area contributed by atoms with Gasteiger partial charge in [0.25, 0.3) is 0 Å². The Balaban J connectivity index is 1.82. The van der Waals surface area contributed by atoms with Gasteiger partial charge in [0.05, 0.1) is 5.57 Å². The highest BCUT2D eigenvalue weighted by molar-refractivity contribution is 6.30. The molecule has 1 aromatic heterocycles. The number of carbonyl (C=O) groups is 2. The molecule has 1 heterocycles. The number of Topliss-reactive ketones (excluding diaryl/α,β-unsaturated/α-hetero) is 1. The van der Waals surface area contributed by atoms with Crippen molar-refractivity contribution in [2.24, 2.45) is 0 Å². The molecule has 0 amide bonds. The summed E-state index contributed by atoms with van der Waals surface area (Å²) >= 11 is 5.89. The predicted molar refractivity (Wildman–Crippen MR) is 121 cm³/mol. The molecule has 0 radical (unpaired) electrons. The van der Waals surface area contributed by atoms with Crippen molar-refractivity contribution >= 4 is 35.0 Å². The van der Waals surface area contributed by atoms with Crippen molar-refractivity contribution in [2.75, 3.05) is 6.61 Å². The van der Waals surface area contributed by atoms with Gasteiger partial charge >= 0.3 is 12.1 Å². The van der Waals surface area contributed by atoms with Crippen LogP contribution in [0.4, 0.5) is 17.6 Å². The number of rotatable bonds is 7. The molecule has 178 valence electrons. The number of nitrogens with zero attached hydrogens (tertiary/aromatic N) is 1. The molecule has 0 aliphatic carbocycles.